The first-order valence-corrected chi connectivity index (χ1v) is 7.86. The molecule has 2 nitrogen and oxygen atoms in total. The minimum absolute atomic E-state index is 0.0831. The van der Waals surface area contributed by atoms with Crippen molar-refractivity contribution in [1.82, 2.24) is 10.2 Å². The Morgan fingerprint density at radius 3 is 2.70 bits per heavy atom. The maximum atomic E-state index is 14.0. The molecule has 1 aliphatic rings. The van der Waals surface area contributed by atoms with Crippen molar-refractivity contribution >= 4 is 0 Å². The van der Waals surface area contributed by atoms with Crippen LogP contribution in [-0.4, -0.2) is 30.1 Å². The Kier molecular flexibility index (Phi) is 5.55. The fraction of sp³-hybridized carbons (Fsp3) is 0.647. The van der Waals surface area contributed by atoms with Gasteiger partial charge in [0.15, 0.2) is 0 Å². The van der Waals surface area contributed by atoms with Gasteiger partial charge in [-0.05, 0) is 39.2 Å². The smallest absolute Gasteiger partial charge is 0.127 e. The number of nitrogens with one attached hydrogen (secondary N) is 1. The van der Waals surface area contributed by atoms with Crippen molar-refractivity contribution in [3.63, 3.8) is 0 Å². The number of benzene rings is 1. The fourth-order valence-electron chi connectivity index (χ4n) is 3.08. The van der Waals surface area contributed by atoms with Crippen molar-refractivity contribution in [2.45, 2.75) is 58.2 Å². The van der Waals surface area contributed by atoms with Gasteiger partial charge >= 0.3 is 0 Å². The van der Waals surface area contributed by atoms with E-state index >= 15 is 0 Å². The molecule has 0 amide bonds. The van der Waals surface area contributed by atoms with E-state index in [4.69, 9.17) is 0 Å². The highest BCUT2D eigenvalue weighted by Gasteiger charge is 2.23. The topological polar surface area (TPSA) is 15.3 Å². The molecule has 0 bridgehead atoms. The highest BCUT2D eigenvalue weighted by molar-refractivity contribution is 5.20. The Morgan fingerprint density at radius 1 is 1.30 bits per heavy atom. The summed E-state index contributed by atoms with van der Waals surface area (Å²) in [4.78, 5) is 2.43. The molecule has 0 aromatic heterocycles. The summed E-state index contributed by atoms with van der Waals surface area (Å²) in [5, 5.41) is 3.68. The SMILES string of the molecule is CCC1CCN(C(C)c2ccccc2F)CCC(C)N1. The van der Waals surface area contributed by atoms with Crippen LogP contribution in [0.25, 0.3) is 0 Å². The Balaban J connectivity index is 2.08. The summed E-state index contributed by atoms with van der Waals surface area (Å²) in [6.07, 6.45) is 3.42. The molecule has 1 aliphatic heterocycles. The zero-order chi connectivity index (χ0) is 14.5. The summed E-state index contributed by atoms with van der Waals surface area (Å²) in [5.74, 6) is -0.0831. The summed E-state index contributed by atoms with van der Waals surface area (Å²) in [5.41, 5.74) is 0.821. The Labute approximate surface area is 122 Å². The molecule has 112 valence electrons. The van der Waals surface area contributed by atoms with Crippen LogP contribution in [0.5, 0.6) is 0 Å². The minimum atomic E-state index is -0.0831. The highest BCUT2D eigenvalue weighted by atomic mass is 19.1. The predicted molar refractivity (Wildman–Crippen MR) is 82.3 cm³/mol. The lowest BCUT2D eigenvalue weighted by Gasteiger charge is -2.35. The van der Waals surface area contributed by atoms with E-state index in [1.165, 1.54) is 0 Å². The maximum Gasteiger partial charge on any atom is 0.127 e. The quantitative estimate of drug-likeness (QED) is 0.906. The molecule has 3 atom stereocenters. The normalized spacial score (nSPS) is 26.8. The number of hydrogen-bond acceptors (Lipinski definition) is 2. The molecule has 0 saturated carbocycles. The zero-order valence-corrected chi connectivity index (χ0v) is 12.9. The first kappa shape index (κ1) is 15.5. The number of nitrogens with zero attached hydrogens (tertiary/aromatic N) is 1. The van der Waals surface area contributed by atoms with Crippen LogP contribution in [-0.2, 0) is 0 Å². The van der Waals surface area contributed by atoms with E-state index < -0.39 is 0 Å². The summed E-state index contributed by atoms with van der Waals surface area (Å²) < 4.78 is 14.0. The molecule has 1 saturated heterocycles. The molecule has 0 spiro atoms. The third-order valence-corrected chi connectivity index (χ3v) is 4.53. The number of rotatable bonds is 3. The molecule has 0 radical (unpaired) electrons. The second-order valence-corrected chi connectivity index (χ2v) is 5.98. The molecule has 3 heteroatoms. The predicted octanol–water partition coefficient (Wildman–Crippen LogP) is 3.74. The first-order chi connectivity index (χ1) is 9.61. The number of halogens is 1. The number of hydrogen-bond donors (Lipinski definition) is 1. The van der Waals surface area contributed by atoms with Gasteiger partial charge in [-0.1, -0.05) is 25.1 Å². The van der Waals surface area contributed by atoms with Gasteiger partial charge in [0.2, 0.25) is 0 Å². The lowest BCUT2D eigenvalue weighted by molar-refractivity contribution is 0.165. The highest BCUT2D eigenvalue weighted by Crippen LogP contribution is 2.24. The Bertz CT molecular complexity index is 421. The molecule has 1 aromatic carbocycles. The van der Waals surface area contributed by atoms with Gasteiger partial charge in [0.1, 0.15) is 5.82 Å². The van der Waals surface area contributed by atoms with E-state index in [1.807, 2.05) is 12.1 Å². The van der Waals surface area contributed by atoms with Crippen LogP contribution in [0.2, 0.25) is 0 Å². The Hall–Kier alpha value is -0.930. The van der Waals surface area contributed by atoms with E-state index in [0.717, 1.165) is 37.9 Å². The van der Waals surface area contributed by atoms with Crippen molar-refractivity contribution in [3.05, 3.63) is 35.6 Å². The molecule has 2 rings (SSSR count). The molecule has 1 heterocycles. The van der Waals surface area contributed by atoms with Gasteiger partial charge < -0.3 is 5.32 Å². The molecule has 0 aliphatic carbocycles. The van der Waals surface area contributed by atoms with Crippen molar-refractivity contribution in [2.75, 3.05) is 13.1 Å². The van der Waals surface area contributed by atoms with Crippen LogP contribution >= 0.6 is 0 Å². The van der Waals surface area contributed by atoms with Gasteiger partial charge in [0, 0.05) is 36.8 Å². The molecule has 20 heavy (non-hydrogen) atoms. The van der Waals surface area contributed by atoms with Gasteiger partial charge in [-0.3, -0.25) is 4.90 Å². The van der Waals surface area contributed by atoms with Crippen molar-refractivity contribution in [3.8, 4) is 0 Å². The average Bonchev–Trinajstić information content (AvgIpc) is 2.43. The Morgan fingerprint density at radius 2 is 2.00 bits per heavy atom. The summed E-state index contributed by atoms with van der Waals surface area (Å²) in [6.45, 7) is 8.67. The largest absolute Gasteiger partial charge is 0.311 e. The standard InChI is InChI=1S/C17H27FN2/c1-4-15-10-12-20(11-9-13(2)19-15)14(3)16-7-5-6-8-17(16)18/h5-8,13-15,19H,4,9-12H2,1-3H3. The summed E-state index contributed by atoms with van der Waals surface area (Å²) >= 11 is 0. The molecule has 1 fully saturated rings. The third-order valence-electron chi connectivity index (χ3n) is 4.53. The maximum absolute atomic E-state index is 14.0. The van der Waals surface area contributed by atoms with E-state index in [0.29, 0.717) is 12.1 Å². The monoisotopic (exact) mass is 278 g/mol. The van der Waals surface area contributed by atoms with Gasteiger partial charge in [-0.2, -0.15) is 0 Å². The van der Waals surface area contributed by atoms with Crippen molar-refractivity contribution < 1.29 is 4.39 Å². The lowest BCUT2D eigenvalue weighted by atomic mass is 10.0. The van der Waals surface area contributed by atoms with Crippen molar-refractivity contribution in [2.24, 2.45) is 0 Å². The second kappa shape index (κ2) is 7.19. The van der Waals surface area contributed by atoms with Crippen molar-refractivity contribution in [1.29, 1.82) is 0 Å². The van der Waals surface area contributed by atoms with E-state index in [2.05, 4.69) is 31.0 Å². The summed E-state index contributed by atoms with van der Waals surface area (Å²) in [7, 11) is 0. The van der Waals surface area contributed by atoms with Gasteiger partial charge in [-0.25, -0.2) is 4.39 Å². The van der Waals surface area contributed by atoms with E-state index in [-0.39, 0.29) is 11.9 Å². The summed E-state index contributed by atoms with van der Waals surface area (Å²) in [6, 6.07) is 8.44. The molecular formula is C17H27FN2. The molecular weight excluding hydrogens is 251 g/mol. The van der Waals surface area contributed by atoms with Crippen LogP contribution in [0, 0.1) is 5.82 Å². The fourth-order valence-corrected chi connectivity index (χ4v) is 3.08. The van der Waals surface area contributed by atoms with Crippen LogP contribution in [0.4, 0.5) is 4.39 Å². The first-order valence-electron chi connectivity index (χ1n) is 7.86. The zero-order valence-electron chi connectivity index (χ0n) is 12.9. The van der Waals surface area contributed by atoms with Gasteiger partial charge in [0.25, 0.3) is 0 Å². The van der Waals surface area contributed by atoms with Crippen LogP contribution < -0.4 is 5.32 Å². The van der Waals surface area contributed by atoms with Crippen LogP contribution in [0.3, 0.4) is 0 Å². The molecule has 1 aromatic rings. The van der Waals surface area contributed by atoms with Gasteiger partial charge in [0.05, 0.1) is 0 Å². The second-order valence-electron chi connectivity index (χ2n) is 5.98. The van der Waals surface area contributed by atoms with Crippen LogP contribution in [0.1, 0.15) is 51.6 Å². The van der Waals surface area contributed by atoms with Gasteiger partial charge in [-0.15, -0.1) is 0 Å². The molecule has 1 N–H and O–H groups in total. The minimum Gasteiger partial charge on any atom is -0.311 e. The van der Waals surface area contributed by atoms with E-state index in [1.54, 1.807) is 12.1 Å². The molecule has 3 unspecified atom stereocenters. The lowest BCUT2D eigenvalue weighted by Crippen LogP contribution is -2.44. The average molecular weight is 278 g/mol. The van der Waals surface area contributed by atoms with E-state index in [9.17, 15) is 4.39 Å². The van der Waals surface area contributed by atoms with Crippen LogP contribution in [0.15, 0.2) is 24.3 Å². The third kappa shape index (κ3) is 3.80.